The minimum absolute atomic E-state index is 0.0158. The smallest absolute Gasteiger partial charge is 0.235 e. The molecule has 1 aliphatic rings. The largest absolute Gasteiger partial charge is 0.493 e. The lowest BCUT2D eigenvalue weighted by Gasteiger charge is -2.26. The lowest BCUT2D eigenvalue weighted by atomic mass is 9.88. The van der Waals surface area contributed by atoms with Crippen molar-refractivity contribution in [3.63, 3.8) is 0 Å². The van der Waals surface area contributed by atoms with Gasteiger partial charge in [-0.15, -0.1) is 0 Å². The summed E-state index contributed by atoms with van der Waals surface area (Å²) >= 11 is 6.40. The molecule has 5 heteroatoms. The first-order chi connectivity index (χ1) is 10.0. The summed E-state index contributed by atoms with van der Waals surface area (Å²) < 4.78 is 11.1. The Labute approximate surface area is 130 Å². The van der Waals surface area contributed by atoms with E-state index in [1.807, 2.05) is 19.9 Å². The summed E-state index contributed by atoms with van der Waals surface area (Å²) in [5.74, 6) is 1.21. The molecule has 2 rings (SSSR count). The van der Waals surface area contributed by atoms with Crippen molar-refractivity contribution in [2.45, 2.75) is 51.2 Å². The van der Waals surface area contributed by atoms with Gasteiger partial charge in [-0.3, -0.25) is 0 Å². The number of hydrogen-bond acceptors (Lipinski definition) is 4. The molecule has 1 aromatic rings. The van der Waals surface area contributed by atoms with Crippen molar-refractivity contribution in [1.29, 1.82) is 0 Å². The quantitative estimate of drug-likeness (QED) is 0.603. The molecule has 0 bridgehead atoms. The normalized spacial score (nSPS) is 16.6. The number of carbonyl (C=O) groups excluding carboxylic acids is 1. The van der Waals surface area contributed by atoms with Gasteiger partial charge in [-0.25, -0.2) is 4.79 Å². The Balaban J connectivity index is 2.54. The fraction of sp³-hybridized carbons (Fsp3) is 0.562. The summed E-state index contributed by atoms with van der Waals surface area (Å²) in [7, 11) is 1.58. The predicted molar refractivity (Wildman–Crippen MR) is 82.0 cm³/mol. The second-order valence-corrected chi connectivity index (χ2v) is 6.00. The van der Waals surface area contributed by atoms with Crippen molar-refractivity contribution < 1.29 is 14.3 Å². The van der Waals surface area contributed by atoms with Crippen LogP contribution >= 0.6 is 11.6 Å². The number of isocyanates is 1. The molecule has 1 fully saturated rings. The van der Waals surface area contributed by atoms with Gasteiger partial charge in [-0.1, -0.05) is 24.4 Å². The van der Waals surface area contributed by atoms with E-state index in [0.717, 1.165) is 31.2 Å². The molecule has 0 saturated heterocycles. The van der Waals surface area contributed by atoms with E-state index in [-0.39, 0.29) is 6.10 Å². The van der Waals surface area contributed by atoms with E-state index in [9.17, 15) is 4.79 Å². The van der Waals surface area contributed by atoms with Crippen LogP contribution in [0.25, 0.3) is 0 Å². The van der Waals surface area contributed by atoms with E-state index in [0.29, 0.717) is 16.5 Å². The average Bonchev–Trinajstić information content (AvgIpc) is 2.89. The highest BCUT2D eigenvalue weighted by Gasteiger charge is 2.38. The van der Waals surface area contributed by atoms with Gasteiger partial charge < -0.3 is 9.47 Å². The highest BCUT2D eigenvalue weighted by Crippen LogP contribution is 2.47. The number of hydrogen-bond donors (Lipinski definition) is 0. The van der Waals surface area contributed by atoms with Gasteiger partial charge in [-0.05, 0) is 32.8 Å². The first kappa shape index (κ1) is 15.9. The lowest BCUT2D eigenvalue weighted by molar-refractivity contribution is 0.229. The van der Waals surface area contributed by atoms with Crippen molar-refractivity contribution >= 4 is 17.7 Å². The lowest BCUT2D eigenvalue weighted by Crippen LogP contribution is -2.20. The summed E-state index contributed by atoms with van der Waals surface area (Å²) in [4.78, 5) is 14.9. The van der Waals surface area contributed by atoms with Crippen molar-refractivity contribution in [3.8, 4) is 11.5 Å². The van der Waals surface area contributed by atoms with E-state index >= 15 is 0 Å². The van der Waals surface area contributed by atoms with E-state index < -0.39 is 5.54 Å². The third-order valence-electron chi connectivity index (χ3n) is 3.81. The molecule has 0 N–H and O–H groups in total. The fourth-order valence-electron chi connectivity index (χ4n) is 2.89. The molecule has 4 nitrogen and oxygen atoms in total. The molecule has 114 valence electrons. The molecule has 0 aliphatic heterocycles. The van der Waals surface area contributed by atoms with Crippen LogP contribution in [0.1, 0.15) is 45.1 Å². The predicted octanol–water partition coefficient (Wildman–Crippen LogP) is 4.24. The third-order valence-corrected chi connectivity index (χ3v) is 4.12. The van der Waals surface area contributed by atoms with E-state index in [1.165, 1.54) is 0 Å². The Morgan fingerprint density at radius 2 is 1.95 bits per heavy atom. The Bertz CT molecular complexity index is 559. The molecular weight excluding hydrogens is 290 g/mol. The number of ether oxygens (including phenoxy) is 2. The number of methoxy groups -OCH3 is 1. The van der Waals surface area contributed by atoms with Crippen LogP contribution in [0.3, 0.4) is 0 Å². The molecular formula is C16H20ClNO3. The summed E-state index contributed by atoms with van der Waals surface area (Å²) in [6.07, 6.45) is 5.37. The van der Waals surface area contributed by atoms with Gasteiger partial charge in [0, 0.05) is 11.6 Å². The van der Waals surface area contributed by atoms with Crippen LogP contribution in [0.5, 0.6) is 11.5 Å². The van der Waals surface area contributed by atoms with Crippen LogP contribution in [-0.4, -0.2) is 19.3 Å². The third kappa shape index (κ3) is 3.22. The van der Waals surface area contributed by atoms with Crippen LogP contribution in [0, 0.1) is 0 Å². The Morgan fingerprint density at radius 1 is 1.29 bits per heavy atom. The fourth-order valence-corrected chi connectivity index (χ4v) is 3.22. The van der Waals surface area contributed by atoms with Crippen molar-refractivity contribution in [2.24, 2.45) is 4.99 Å². The Hall–Kier alpha value is -1.51. The summed E-state index contributed by atoms with van der Waals surface area (Å²) in [6.45, 7) is 3.89. The topological polar surface area (TPSA) is 47.9 Å². The minimum atomic E-state index is -0.569. The van der Waals surface area contributed by atoms with Crippen LogP contribution in [0.2, 0.25) is 5.02 Å². The zero-order valence-electron chi connectivity index (χ0n) is 12.6. The van der Waals surface area contributed by atoms with Gasteiger partial charge in [0.25, 0.3) is 0 Å². The number of benzene rings is 1. The van der Waals surface area contributed by atoms with Crippen molar-refractivity contribution in [1.82, 2.24) is 0 Å². The van der Waals surface area contributed by atoms with Crippen LogP contribution in [0.15, 0.2) is 17.1 Å². The molecule has 1 aromatic carbocycles. The molecule has 1 saturated carbocycles. The van der Waals surface area contributed by atoms with Crippen LogP contribution in [0.4, 0.5) is 0 Å². The number of nitrogens with zero attached hydrogens (tertiary/aromatic N) is 1. The number of aliphatic imine (C=N–C) groups is 1. The SMILES string of the molecule is COc1cc(Cl)c(C2(N=C=O)CCCC2)cc1OC(C)C. The Morgan fingerprint density at radius 3 is 2.48 bits per heavy atom. The monoisotopic (exact) mass is 309 g/mol. The van der Waals surface area contributed by atoms with E-state index in [2.05, 4.69) is 4.99 Å². The van der Waals surface area contributed by atoms with Gasteiger partial charge in [0.2, 0.25) is 6.08 Å². The second kappa shape index (κ2) is 6.50. The molecule has 0 spiro atoms. The summed E-state index contributed by atoms with van der Waals surface area (Å²) in [6, 6.07) is 3.59. The molecule has 0 atom stereocenters. The van der Waals surface area contributed by atoms with E-state index in [1.54, 1.807) is 19.3 Å². The Kier molecular flexibility index (Phi) is 4.92. The first-order valence-corrected chi connectivity index (χ1v) is 7.54. The minimum Gasteiger partial charge on any atom is -0.493 e. The molecule has 0 unspecified atom stereocenters. The molecule has 0 radical (unpaired) electrons. The standard InChI is InChI=1S/C16H20ClNO3/c1-11(2)21-15-8-12(13(17)9-14(15)20-3)16(18-10-19)6-4-5-7-16/h8-9,11H,4-7H2,1-3H3. The highest BCUT2D eigenvalue weighted by molar-refractivity contribution is 6.31. The first-order valence-electron chi connectivity index (χ1n) is 7.16. The van der Waals surface area contributed by atoms with Gasteiger partial charge >= 0.3 is 0 Å². The number of halogens is 1. The van der Waals surface area contributed by atoms with Gasteiger partial charge in [-0.2, -0.15) is 4.99 Å². The molecule has 0 aromatic heterocycles. The maximum Gasteiger partial charge on any atom is 0.235 e. The molecule has 21 heavy (non-hydrogen) atoms. The van der Waals surface area contributed by atoms with Gasteiger partial charge in [0.05, 0.1) is 23.8 Å². The molecule has 0 amide bonds. The van der Waals surface area contributed by atoms with Crippen LogP contribution < -0.4 is 9.47 Å². The van der Waals surface area contributed by atoms with Gasteiger partial charge in [0.15, 0.2) is 11.5 Å². The van der Waals surface area contributed by atoms with Crippen molar-refractivity contribution in [3.05, 3.63) is 22.7 Å². The zero-order valence-corrected chi connectivity index (χ0v) is 13.4. The second-order valence-electron chi connectivity index (χ2n) is 5.59. The maximum atomic E-state index is 10.8. The molecule has 1 aliphatic carbocycles. The van der Waals surface area contributed by atoms with E-state index in [4.69, 9.17) is 21.1 Å². The summed E-state index contributed by atoms with van der Waals surface area (Å²) in [5.41, 5.74) is 0.252. The average molecular weight is 310 g/mol. The van der Waals surface area contributed by atoms with Crippen LogP contribution in [-0.2, 0) is 10.3 Å². The highest BCUT2D eigenvalue weighted by atomic mass is 35.5. The summed E-state index contributed by atoms with van der Waals surface area (Å²) in [5, 5.41) is 0.545. The number of rotatable bonds is 5. The molecule has 0 heterocycles. The van der Waals surface area contributed by atoms with Crippen molar-refractivity contribution in [2.75, 3.05) is 7.11 Å². The maximum absolute atomic E-state index is 10.8. The van der Waals surface area contributed by atoms with Gasteiger partial charge in [0.1, 0.15) is 0 Å². The zero-order chi connectivity index (χ0) is 15.5.